The van der Waals surface area contributed by atoms with Gasteiger partial charge in [0.1, 0.15) is 0 Å². The lowest BCUT2D eigenvalue weighted by Gasteiger charge is -2.34. The largest absolute Gasteiger partial charge is 0.481 e. The quantitative estimate of drug-likeness (QED) is 0.876. The first-order valence-electron chi connectivity index (χ1n) is 7.81. The van der Waals surface area contributed by atoms with Crippen molar-refractivity contribution in [2.45, 2.75) is 38.6 Å². The number of hydrogen-bond donors (Lipinski definition) is 1. The highest BCUT2D eigenvalue weighted by Crippen LogP contribution is 2.16. The summed E-state index contributed by atoms with van der Waals surface area (Å²) >= 11 is 0. The second-order valence-corrected chi connectivity index (χ2v) is 5.63. The van der Waals surface area contributed by atoms with Crippen molar-refractivity contribution in [1.29, 1.82) is 0 Å². The fourth-order valence-electron chi connectivity index (χ4n) is 2.65. The van der Waals surface area contributed by atoms with Crippen molar-refractivity contribution in [2.75, 3.05) is 19.8 Å². The Balaban J connectivity index is 2.06. The summed E-state index contributed by atoms with van der Waals surface area (Å²) in [6.07, 6.45) is 3.22. The molecular weight excluding hydrogens is 282 g/mol. The van der Waals surface area contributed by atoms with Crippen LogP contribution in [0, 0.1) is 0 Å². The van der Waals surface area contributed by atoms with E-state index in [1.165, 1.54) is 5.56 Å². The number of amides is 1. The first-order chi connectivity index (χ1) is 10.6. The molecule has 0 saturated carbocycles. The molecule has 5 heteroatoms. The highest BCUT2D eigenvalue weighted by atomic mass is 16.5. The van der Waals surface area contributed by atoms with E-state index in [1.54, 1.807) is 4.90 Å². The molecule has 1 saturated heterocycles. The van der Waals surface area contributed by atoms with Gasteiger partial charge in [-0.15, -0.1) is 0 Å². The number of aliphatic carboxylic acids is 1. The first kappa shape index (κ1) is 16.5. The number of carboxylic acids is 1. The molecule has 0 radical (unpaired) electrons. The number of carbonyl (C=O) groups excluding carboxylic acids is 1. The third-order valence-electron chi connectivity index (χ3n) is 3.92. The monoisotopic (exact) mass is 305 g/mol. The normalized spacial score (nSPS) is 18.2. The number of nitrogens with zero attached hydrogens (tertiary/aromatic N) is 1. The number of morpholine rings is 1. The second kappa shape index (κ2) is 7.94. The zero-order valence-electron chi connectivity index (χ0n) is 13.0. The van der Waals surface area contributed by atoms with Gasteiger partial charge in [0.25, 0.3) is 5.91 Å². The van der Waals surface area contributed by atoms with Crippen LogP contribution < -0.4 is 0 Å². The summed E-state index contributed by atoms with van der Waals surface area (Å²) in [6, 6.07) is 7.24. The number of ether oxygens (including phenoxy) is 1. The minimum Gasteiger partial charge on any atom is -0.481 e. The van der Waals surface area contributed by atoms with Crippen molar-refractivity contribution in [3.63, 3.8) is 0 Å². The Kier molecular flexibility index (Phi) is 5.95. The predicted molar refractivity (Wildman–Crippen MR) is 83.0 cm³/mol. The van der Waals surface area contributed by atoms with Crippen LogP contribution in [0.25, 0.3) is 0 Å². The topological polar surface area (TPSA) is 66.8 Å². The molecule has 2 rings (SSSR count). The van der Waals surface area contributed by atoms with Gasteiger partial charge in [0, 0.05) is 12.1 Å². The van der Waals surface area contributed by atoms with Crippen LogP contribution in [-0.2, 0) is 16.0 Å². The van der Waals surface area contributed by atoms with Crippen LogP contribution in [-0.4, -0.2) is 47.7 Å². The number of unbranched alkanes of at least 4 members (excludes halogenated alkanes) is 1. The molecule has 0 spiro atoms. The zero-order chi connectivity index (χ0) is 15.9. The van der Waals surface area contributed by atoms with Gasteiger partial charge in [-0.1, -0.05) is 25.5 Å². The van der Waals surface area contributed by atoms with E-state index in [0.717, 1.165) is 19.3 Å². The summed E-state index contributed by atoms with van der Waals surface area (Å²) in [5, 5.41) is 8.96. The van der Waals surface area contributed by atoms with Crippen molar-refractivity contribution >= 4 is 11.9 Å². The van der Waals surface area contributed by atoms with Gasteiger partial charge in [-0.3, -0.25) is 9.59 Å². The van der Waals surface area contributed by atoms with Gasteiger partial charge in [-0.2, -0.15) is 0 Å². The average Bonchev–Trinajstić information content (AvgIpc) is 2.53. The van der Waals surface area contributed by atoms with Gasteiger partial charge in [-0.05, 0) is 30.5 Å². The van der Waals surface area contributed by atoms with E-state index in [0.29, 0.717) is 18.7 Å². The molecule has 1 atom stereocenters. The number of carbonyl (C=O) groups is 2. The predicted octanol–water partition coefficient (Wildman–Crippen LogP) is 2.34. The lowest BCUT2D eigenvalue weighted by Crippen LogP contribution is -2.49. The third-order valence-corrected chi connectivity index (χ3v) is 3.92. The molecule has 0 aliphatic carbocycles. The molecule has 1 fully saturated rings. The van der Waals surface area contributed by atoms with Crippen LogP contribution in [0.1, 0.15) is 42.1 Å². The smallest absolute Gasteiger partial charge is 0.305 e. The molecule has 1 aliphatic rings. The van der Waals surface area contributed by atoms with E-state index in [-0.39, 0.29) is 18.9 Å². The lowest BCUT2D eigenvalue weighted by atomic mass is 10.0. The van der Waals surface area contributed by atoms with Crippen molar-refractivity contribution in [3.8, 4) is 0 Å². The van der Waals surface area contributed by atoms with Crippen molar-refractivity contribution in [2.24, 2.45) is 0 Å². The van der Waals surface area contributed by atoms with E-state index >= 15 is 0 Å². The van der Waals surface area contributed by atoms with Crippen LogP contribution in [0.3, 0.4) is 0 Å². The number of aryl methyl sites for hydroxylation is 1. The molecule has 22 heavy (non-hydrogen) atoms. The van der Waals surface area contributed by atoms with Crippen LogP contribution >= 0.6 is 0 Å². The van der Waals surface area contributed by atoms with Gasteiger partial charge in [0.05, 0.1) is 25.7 Å². The molecule has 1 aromatic rings. The summed E-state index contributed by atoms with van der Waals surface area (Å²) in [5.74, 6) is -1.03. The Hall–Kier alpha value is -1.88. The lowest BCUT2D eigenvalue weighted by molar-refractivity contribution is -0.139. The minimum absolute atomic E-state index is 0.0830. The van der Waals surface area contributed by atoms with E-state index in [2.05, 4.69) is 6.92 Å². The fraction of sp³-hybridized carbons (Fsp3) is 0.529. The summed E-state index contributed by atoms with van der Waals surface area (Å²) in [4.78, 5) is 25.1. The number of carboxylic acid groups (broad SMARTS) is 1. The first-order valence-corrected chi connectivity index (χ1v) is 7.81. The number of benzene rings is 1. The van der Waals surface area contributed by atoms with Crippen LogP contribution in [0.4, 0.5) is 0 Å². The maximum Gasteiger partial charge on any atom is 0.305 e. The fourth-order valence-corrected chi connectivity index (χ4v) is 2.65. The van der Waals surface area contributed by atoms with Crippen molar-refractivity contribution in [1.82, 2.24) is 4.90 Å². The maximum absolute atomic E-state index is 12.6. The molecule has 1 amide bonds. The average molecular weight is 305 g/mol. The van der Waals surface area contributed by atoms with Crippen molar-refractivity contribution in [3.05, 3.63) is 35.4 Å². The van der Waals surface area contributed by atoms with E-state index in [9.17, 15) is 9.59 Å². The van der Waals surface area contributed by atoms with Gasteiger partial charge in [-0.25, -0.2) is 0 Å². The van der Waals surface area contributed by atoms with E-state index in [1.807, 2.05) is 24.3 Å². The Morgan fingerprint density at radius 3 is 2.68 bits per heavy atom. The summed E-state index contributed by atoms with van der Waals surface area (Å²) in [5.41, 5.74) is 1.83. The summed E-state index contributed by atoms with van der Waals surface area (Å²) < 4.78 is 5.31. The Labute approximate surface area is 130 Å². The Bertz CT molecular complexity index is 512. The van der Waals surface area contributed by atoms with Gasteiger partial charge in [0.15, 0.2) is 0 Å². The summed E-state index contributed by atoms with van der Waals surface area (Å²) in [6.45, 7) is 3.33. The molecule has 1 aromatic carbocycles. The Morgan fingerprint density at radius 2 is 2.05 bits per heavy atom. The molecule has 0 bridgehead atoms. The number of rotatable bonds is 6. The van der Waals surface area contributed by atoms with E-state index < -0.39 is 12.0 Å². The standard InChI is InChI=1S/C17H23NO4/c1-2-3-4-13-5-7-14(8-6-13)17(21)18-9-10-22-12-15(18)11-16(19)20/h5-8,15H,2-4,9-12H2,1H3,(H,19,20)/t15-/m1/s1. The second-order valence-electron chi connectivity index (χ2n) is 5.63. The van der Waals surface area contributed by atoms with Gasteiger partial charge >= 0.3 is 5.97 Å². The zero-order valence-corrected chi connectivity index (χ0v) is 13.0. The van der Waals surface area contributed by atoms with Crippen LogP contribution in [0.15, 0.2) is 24.3 Å². The molecule has 5 nitrogen and oxygen atoms in total. The van der Waals surface area contributed by atoms with E-state index in [4.69, 9.17) is 9.84 Å². The SMILES string of the molecule is CCCCc1ccc(C(=O)N2CCOC[C@H]2CC(=O)O)cc1. The van der Waals surface area contributed by atoms with Gasteiger partial charge < -0.3 is 14.7 Å². The third kappa shape index (κ3) is 4.31. The molecule has 120 valence electrons. The molecule has 1 heterocycles. The van der Waals surface area contributed by atoms with Crippen LogP contribution in [0.5, 0.6) is 0 Å². The molecule has 0 unspecified atom stereocenters. The summed E-state index contributed by atoms with van der Waals surface area (Å²) in [7, 11) is 0. The highest BCUT2D eigenvalue weighted by Gasteiger charge is 2.29. The molecule has 1 N–H and O–H groups in total. The van der Waals surface area contributed by atoms with Crippen LogP contribution in [0.2, 0.25) is 0 Å². The Morgan fingerprint density at radius 1 is 1.32 bits per heavy atom. The molecule has 1 aliphatic heterocycles. The van der Waals surface area contributed by atoms with Crippen molar-refractivity contribution < 1.29 is 19.4 Å². The molecular formula is C17H23NO4. The maximum atomic E-state index is 12.6. The molecule has 0 aromatic heterocycles. The van der Waals surface area contributed by atoms with Gasteiger partial charge in [0.2, 0.25) is 0 Å². The minimum atomic E-state index is -0.914. The highest BCUT2D eigenvalue weighted by molar-refractivity contribution is 5.94. The number of hydrogen-bond acceptors (Lipinski definition) is 3.